The van der Waals surface area contributed by atoms with E-state index < -0.39 is 0 Å². The number of hydrogen-bond donors (Lipinski definition) is 0. The quantitative estimate of drug-likeness (QED) is 0.513. The van der Waals surface area contributed by atoms with Crippen LogP contribution in [0.15, 0.2) is 0 Å². The van der Waals surface area contributed by atoms with Gasteiger partial charge in [-0.15, -0.1) is 0 Å². The van der Waals surface area contributed by atoms with E-state index in [1.54, 1.807) is 0 Å². The van der Waals surface area contributed by atoms with E-state index in [0.29, 0.717) is 0 Å². The summed E-state index contributed by atoms with van der Waals surface area (Å²) < 4.78 is 0. The molecule has 0 amide bonds. The van der Waals surface area contributed by atoms with Crippen molar-refractivity contribution in [3.8, 4) is 0 Å². The minimum Gasteiger partial charge on any atom is -0.870 e. The maximum Gasteiger partial charge on any atom is 2.00 e. The van der Waals surface area contributed by atoms with Crippen molar-refractivity contribution in [2.45, 2.75) is 51.9 Å². The number of unbranched alkanes of at least 4 members (excludes halogenated alkanes) is 6. The van der Waals surface area contributed by atoms with Crippen LogP contribution < -0.4 is 0 Å². The zero-order valence-corrected chi connectivity index (χ0v) is 10.1. The minimum absolute atomic E-state index is 0. The van der Waals surface area contributed by atoms with E-state index in [0.717, 1.165) is 6.42 Å². The average molecular weight is 235 g/mol. The normalized spacial score (nSPS) is 8.18. The molecule has 0 unspecified atom stereocenters. The van der Waals surface area contributed by atoms with Gasteiger partial charge in [-0.2, -0.15) is 6.42 Å². The second kappa shape index (κ2) is 17.1. The maximum atomic E-state index is 3.80. The molecule has 1 N–H and O–H groups in total. The maximum absolute atomic E-state index is 3.80. The molecule has 0 rings (SSSR count). The van der Waals surface area contributed by atoms with Crippen LogP contribution in [0.25, 0.3) is 0 Å². The minimum atomic E-state index is 0. The van der Waals surface area contributed by atoms with E-state index >= 15 is 0 Å². The Morgan fingerprint density at radius 3 is 1.82 bits per heavy atom. The van der Waals surface area contributed by atoms with Crippen molar-refractivity contribution >= 4 is 0 Å². The first-order valence-electron chi connectivity index (χ1n) is 4.21. The van der Waals surface area contributed by atoms with Crippen LogP contribution in [0.2, 0.25) is 0 Å². The summed E-state index contributed by atoms with van der Waals surface area (Å²) in [5.74, 6) is 0. The third-order valence-electron chi connectivity index (χ3n) is 1.60. The van der Waals surface area contributed by atoms with Crippen LogP contribution in [-0.4, -0.2) is 5.48 Å². The van der Waals surface area contributed by atoms with Gasteiger partial charge in [-0.05, 0) is 0 Å². The van der Waals surface area contributed by atoms with Crippen molar-refractivity contribution in [2.24, 2.45) is 0 Å². The Morgan fingerprint density at radius 1 is 0.909 bits per heavy atom. The molecule has 0 saturated heterocycles. The van der Waals surface area contributed by atoms with Crippen LogP contribution in [0.4, 0.5) is 0 Å². The Kier molecular flexibility index (Phi) is 27.6. The molecule has 0 radical (unpaired) electrons. The molecule has 1 nitrogen and oxygen atoms in total. The van der Waals surface area contributed by atoms with Gasteiger partial charge in [0, 0.05) is 0 Å². The van der Waals surface area contributed by atoms with Crippen molar-refractivity contribution in [1.29, 1.82) is 0 Å². The van der Waals surface area contributed by atoms with E-state index in [4.69, 9.17) is 0 Å². The molecule has 0 aliphatic heterocycles. The average Bonchev–Trinajstić information content (AvgIpc) is 1.89. The van der Waals surface area contributed by atoms with Gasteiger partial charge in [-0.25, -0.2) is 0 Å². The molecule has 0 fully saturated rings. The number of hydrogen-bond acceptors (Lipinski definition) is 1. The molecule has 0 aromatic rings. The van der Waals surface area contributed by atoms with E-state index in [-0.39, 0.29) is 31.7 Å². The standard InChI is InChI=1S/C9H19.H2O.Zr/c1-3-5-7-9-8-6-4-2;;/h1,3-9H2,2H3;1H2;/q-1;;+2/p-1. The zero-order chi connectivity index (χ0) is 6.95. The second-order valence-electron chi connectivity index (χ2n) is 2.62. The molecule has 0 atom stereocenters. The van der Waals surface area contributed by atoms with Gasteiger partial charge in [0.15, 0.2) is 0 Å². The Bertz CT molecular complexity index is 42.8. The third kappa shape index (κ3) is 18.1. The molecular weight excluding hydrogens is 215 g/mol. The Balaban J connectivity index is -0.000000320. The largest absolute Gasteiger partial charge is 2.00 e. The molecule has 0 aliphatic rings. The predicted octanol–water partition coefficient (Wildman–Crippen LogP) is 3.39. The van der Waals surface area contributed by atoms with E-state index in [1.807, 2.05) is 0 Å². The van der Waals surface area contributed by atoms with Gasteiger partial charge in [0.1, 0.15) is 0 Å². The summed E-state index contributed by atoms with van der Waals surface area (Å²) in [4.78, 5) is 0. The molecule has 0 aromatic heterocycles. The van der Waals surface area contributed by atoms with Crippen LogP contribution in [-0.2, 0) is 26.2 Å². The molecule has 0 spiro atoms. The summed E-state index contributed by atoms with van der Waals surface area (Å²) in [5, 5.41) is 0. The molecule has 66 valence electrons. The van der Waals surface area contributed by atoms with Crippen molar-refractivity contribution in [3.63, 3.8) is 0 Å². The van der Waals surface area contributed by atoms with Crippen LogP contribution in [0.5, 0.6) is 0 Å². The molecule has 11 heavy (non-hydrogen) atoms. The first-order valence-corrected chi connectivity index (χ1v) is 4.21. The van der Waals surface area contributed by atoms with Gasteiger partial charge >= 0.3 is 26.2 Å². The summed E-state index contributed by atoms with van der Waals surface area (Å²) in [6.45, 7) is 6.05. The Labute approximate surface area is 90.4 Å². The van der Waals surface area contributed by atoms with Gasteiger partial charge in [0.05, 0.1) is 0 Å². The summed E-state index contributed by atoms with van der Waals surface area (Å²) in [5.41, 5.74) is 0. The molecule has 0 aliphatic carbocycles. The van der Waals surface area contributed by atoms with Gasteiger partial charge in [0.2, 0.25) is 0 Å². The molecule has 0 aromatic carbocycles. The van der Waals surface area contributed by atoms with Crippen molar-refractivity contribution in [1.82, 2.24) is 0 Å². The summed E-state index contributed by atoms with van der Waals surface area (Å²) in [6.07, 6.45) is 9.45. The molecule has 0 bridgehead atoms. The van der Waals surface area contributed by atoms with Gasteiger partial charge < -0.3 is 12.4 Å². The number of rotatable bonds is 6. The fraction of sp³-hybridized carbons (Fsp3) is 0.889. The zero-order valence-electron chi connectivity index (χ0n) is 7.60. The van der Waals surface area contributed by atoms with Crippen molar-refractivity contribution in [3.05, 3.63) is 6.92 Å². The second-order valence-corrected chi connectivity index (χ2v) is 2.62. The van der Waals surface area contributed by atoms with E-state index in [2.05, 4.69) is 13.8 Å². The third-order valence-corrected chi connectivity index (χ3v) is 1.60. The smallest absolute Gasteiger partial charge is 0.870 e. The SMILES string of the molecule is [CH2-]CCCCCCCC.[OH-].[Zr+2]. The van der Waals surface area contributed by atoms with Crippen LogP contribution >= 0.6 is 0 Å². The van der Waals surface area contributed by atoms with Crippen molar-refractivity contribution in [2.75, 3.05) is 0 Å². The van der Waals surface area contributed by atoms with Crippen LogP contribution in [0.3, 0.4) is 0 Å². The summed E-state index contributed by atoms with van der Waals surface area (Å²) >= 11 is 0. The molecule has 2 heteroatoms. The Morgan fingerprint density at radius 2 is 1.36 bits per heavy atom. The molecular formula is C9H20OZr. The van der Waals surface area contributed by atoms with Gasteiger partial charge in [-0.1, -0.05) is 45.4 Å². The van der Waals surface area contributed by atoms with E-state index in [1.165, 1.54) is 38.5 Å². The molecule has 0 saturated carbocycles. The van der Waals surface area contributed by atoms with Crippen molar-refractivity contribution < 1.29 is 31.7 Å². The van der Waals surface area contributed by atoms with E-state index in [9.17, 15) is 0 Å². The molecule has 0 heterocycles. The first-order chi connectivity index (χ1) is 4.41. The van der Waals surface area contributed by atoms with Gasteiger partial charge in [0.25, 0.3) is 0 Å². The summed E-state index contributed by atoms with van der Waals surface area (Å²) in [6, 6.07) is 0. The Hall–Kier alpha value is 0.843. The fourth-order valence-corrected chi connectivity index (χ4v) is 0.957. The monoisotopic (exact) mass is 234 g/mol. The summed E-state index contributed by atoms with van der Waals surface area (Å²) in [7, 11) is 0. The predicted molar refractivity (Wildman–Crippen MR) is 45.3 cm³/mol. The van der Waals surface area contributed by atoms with Gasteiger partial charge in [-0.3, -0.25) is 0 Å². The topological polar surface area (TPSA) is 30.0 Å². The fourth-order valence-electron chi connectivity index (χ4n) is 0.957. The first kappa shape index (κ1) is 17.8. The van der Waals surface area contributed by atoms with Crippen LogP contribution in [0, 0.1) is 6.92 Å². The van der Waals surface area contributed by atoms with Crippen LogP contribution in [0.1, 0.15) is 51.9 Å².